The lowest BCUT2D eigenvalue weighted by Crippen LogP contribution is -1.98. The second-order valence-corrected chi connectivity index (χ2v) is 7.37. The van der Waals surface area contributed by atoms with E-state index in [1.165, 1.54) is 24.3 Å². The van der Waals surface area contributed by atoms with Gasteiger partial charge in [-0.2, -0.15) is 5.26 Å². The third-order valence-corrected chi connectivity index (χ3v) is 4.84. The van der Waals surface area contributed by atoms with Gasteiger partial charge in [0.1, 0.15) is 12.4 Å². The zero-order chi connectivity index (χ0) is 22.4. The molecule has 1 N–H and O–H groups in total. The van der Waals surface area contributed by atoms with E-state index in [9.17, 15) is 20.2 Å². The van der Waals surface area contributed by atoms with Crippen molar-refractivity contribution < 1.29 is 19.6 Å². The van der Waals surface area contributed by atoms with E-state index in [2.05, 4.69) is 22.0 Å². The van der Waals surface area contributed by atoms with Gasteiger partial charge in [0, 0.05) is 22.2 Å². The van der Waals surface area contributed by atoms with Crippen molar-refractivity contribution in [2.75, 3.05) is 0 Å². The van der Waals surface area contributed by atoms with Crippen LogP contribution in [0.1, 0.15) is 27.0 Å². The lowest BCUT2D eigenvalue weighted by molar-refractivity contribution is -0.384. The summed E-state index contributed by atoms with van der Waals surface area (Å²) in [5.74, 6) is -0.553. The predicted octanol–water partition coefficient (Wildman–Crippen LogP) is 5.70. The first-order valence-corrected chi connectivity index (χ1v) is 9.78. The number of rotatable bonds is 7. The van der Waals surface area contributed by atoms with E-state index in [1.807, 2.05) is 0 Å². The van der Waals surface area contributed by atoms with Gasteiger partial charge in [-0.1, -0.05) is 40.2 Å². The van der Waals surface area contributed by atoms with E-state index in [0.717, 1.165) is 4.47 Å². The van der Waals surface area contributed by atoms with E-state index < -0.39 is 10.9 Å². The Morgan fingerprint density at radius 2 is 1.84 bits per heavy atom. The molecule has 0 saturated carbocycles. The molecule has 7 nitrogen and oxygen atoms in total. The lowest BCUT2D eigenvalue weighted by Gasteiger charge is -2.11. The number of carbonyl (C=O) groups is 1. The molecule has 31 heavy (non-hydrogen) atoms. The van der Waals surface area contributed by atoms with E-state index in [0.29, 0.717) is 28.0 Å². The maximum absolute atomic E-state index is 11.0. The second-order valence-electron chi connectivity index (χ2n) is 6.45. The van der Waals surface area contributed by atoms with Crippen LogP contribution in [0.5, 0.6) is 5.75 Å². The highest BCUT2D eigenvalue weighted by atomic mass is 79.9. The summed E-state index contributed by atoms with van der Waals surface area (Å²) in [5, 5.41) is 29.6. The number of ether oxygens (including phenoxy) is 1. The Morgan fingerprint density at radius 1 is 1.13 bits per heavy atom. The Morgan fingerprint density at radius 3 is 2.48 bits per heavy atom. The van der Waals surface area contributed by atoms with Gasteiger partial charge in [-0.05, 0) is 47.5 Å². The van der Waals surface area contributed by atoms with Crippen LogP contribution in [0.2, 0.25) is 0 Å². The number of hydrogen-bond donors (Lipinski definition) is 1. The van der Waals surface area contributed by atoms with Crippen molar-refractivity contribution in [2.45, 2.75) is 6.61 Å². The second kappa shape index (κ2) is 9.69. The Labute approximate surface area is 186 Å². The van der Waals surface area contributed by atoms with E-state index in [1.54, 1.807) is 48.5 Å². The van der Waals surface area contributed by atoms with Crippen molar-refractivity contribution in [3.63, 3.8) is 0 Å². The van der Waals surface area contributed by atoms with Crippen molar-refractivity contribution >= 4 is 39.2 Å². The maximum atomic E-state index is 11.0. The first-order valence-electron chi connectivity index (χ1n) is 8.98. The molecular weight excluding hydrogens is 464 g/mol. The fraction of sp³-hybridized carbons (Fsp3) is 0.0435. The average Bonchev–Trinajstić information content (AvgIpc) is 2.77. The molecule has 0 unspecified atom stereocenters. The molecule has 0 bridgehead atoms. The van der Waals surface area contributed by atoms with Crippen LogP contribution in [-0.4, -0.2) is 16.0 Å². The van der Waals surface area contributed by atoms with Crippen molar-refractivity contribution in [1.82, 2.24) is 0 Å². The molecule has 0 radical (unpaired) electrons. The number of aromatic carboxylic acids is 1. The number of carboxylic acid groups (broad SMARTS) is 1. The van der Waals surface area contributed by atoms with Crippen LogP contribution < -0.4 is 4.74 Å². The summed E-state index contributed by atoms with van der Waals surface area (Å²) < 4.78 is 6.65. The summed E-state index contributed by atoms with van der Waals surface area (Å²) in [4.78, 5) is 21.5. The van der Waals surface area contributed by atoms with Crippen LogP contribution in [0.25, 0.3) is 11.6 Å². The minimum Gasteiger partial charge on any atom is -0.488 e. The predicted molar refractivity (Wildman–Crippen MR) is 118 cm³/mol. The number of nitro groups is 1. The van der Waals surface area contributed by atoms with Gasteiger partial charge in [-0.3, -0.25) is 10.1 Å². The number of halogens is 1. The fourth-order valence-corrected chi connectivity index (χ4v) is 3.19. The topological polar surface area (TPSA) is 113 Å². The molecule has 0 fully saturated rings. The summed E-state index contributed by atoms with van der Waals surface area (Å²) in [7, 11) is 0. The van der Waals surface area contributed by atoms with E-state index in [-0.39, 0.29) is 17.9 Å². The maximum Gasteiger partial charge on any atom is 0.335 e. The van der Waals surface area contributed by atoms with Crippen molar-refractivity contribution in [3.05, 3.63) is 104 Å². The number of benzene rings is 3. The van der Waals surface area contributed by atoms with Gasteiger partial charge in [0.15, 0.2) is 0 Å². The zero-order valence-electron chi connectivity index (χ0n) is 16.0. The highest BCUT2D eigenvalue weighted by molar-refractivity contribution is 9.10. The molecule has 0 saturated heterocycles. The molecule has 0 aliphatic rings. The Balaban J connectivity index is 1.89. The summed E-state index contributed by atoms with van der Waals surface area (Å²) in [5.41, 5.74) is 2.26. The summed E-state index contributed by atoms with van der Waals surface area (Å²) in [6.45, 7) is 0.110. The van der Waals surface area contributed by atoms with Gasteiger partial charge in [0.25, 0.3) is 5.69 Å². The number of nitrogens with zero attached hydrogens (tertiary/aromatic N) is 2. The van der Waals surface area contributed by atoms with Gasteiger partial charge in [-0.15, -0.1) is 0 Å². The quantitative estimate of drug-likeness (QED) is 0.201. The number of carboxylic acids is 1. The molecule has 3 aromatic carbocycles. The summed E-state index contributed by atoms with van der Waals surface area (Å²) in [6, 6.07) is 19.6. The monoisotopic (exact) mass is 478 g/mol. The molecule has 154 valence electrons. The Hall–Kier alpha value is -3.96. The molecule has 0 aliphatic carbocycles. The van der Waals surface area contributed by atoms with E-state index in [4.69, 9.17) is 9.84 Å². The molecule has 3 aromatic rings. The SMILES string of the molecule is N#C/C(=C/c1cc(Br)ccc1OCc1cccc([N+](=O)[O-])c1)c1ccc(C(=O)O)cc1. The van der Waals surface area contributed by atoms with Gasteiger partial charge >= 0.3 is 5.97 Å². The van der Waals surface area contributed by atoms with Crippen LogP contribution in [-0.2, 0) is 6.61 Å². The van der Waals surface area contributed by atoms with Crippen LogP contribution in [0.4, 0.5) is 5.69 Å². The molecule has 0 aromatic heterocycles. The summed E-state index contributed by atoms with van der Waals surface area (Å²) in [6.07, 6.45) is 1.64. The number of non-ortho nitro benzene ring substituents is 1. The highest BCUT2D eigenvalue weighted by Gasteiger charge is 2.10. The molecule has 8 heteroatoms. The smallest absolute Gasteiger partial charge is 0.335 e. The number of allylic oxidation sites excluding steroid dienone is 1. The molecule has 0 heterocycles. The van der Waals surface area contributed by atoms with Gasteiger partial charge in [0.05, 0.1) is 22.1 Å². The van der Waals surface area contributed by atoms with E-state index >= 15 is 0 Å². The largest absolute Gasteiger partial charge is 0.488 e. The van der Waals surface area contributed by atoms with Gasteiger partial charge in [-0.25, -0.2) is 4.79 Å². The van der Waals surface area contributed by atoms with Crippen LogP contribution in [0.15, 0.2) is 71.2 Å². The summed E-state index contributed by atoms with van der Waals surface area (Å²) >= 11 is 3.40. The third kappa shape index (κ3) is 5.56. The van der Waals surface area contributed by atoms with Crippen LogP contribution in [0, 0.1) is 21.4 Å². The average molecular weight is 479 g/mol. The highest BCUT2D eigenvalue weighted by Crippen LogP contribution is 2.29. The molecule has 3 rings (SSSR count). The lowest BCUT2D eigenvalue weighted by atomic mass is 10.0. The standard InChI is InChI=1S/C23H15BrN2O5/c24-20-8-9-22(31-14-15-2-1-3-21(10-15)26(29)30)18(12-20)11-19(13-25)16-4-6-17(7-5-16)23(27)28/h1-12H,14H2,(H,27,28)/b19-11-. The van der Waals surface area contributed by atoms with Crippen LogP contribution in [0.3, 0.4) is 0 Å². The minimum absolute atomic E-state index is 0.0198. The number of nitriles is 1. The first kappa shape index (κ1) is 21.7. The zero-order valence-corrected chi connectivity index (χ0v) is 17.6. The molecule has 0 amide bonds. The fourth-order valence-electron chi connectivity index (χ4n) is 2.81. The number of nitro benzene ring substituents is 1. The Bertz CT molecular complexity index is 1210. The molecule has 0 atom stereocenters. The molecule has 0 aliphatic heterocycles. The minimum atomic E-state index is -1.04. The van der Waals surface area contributed by atoms with Crippen molar-refractivity contribution in [1.29, 1.82) is 5.26 Å². The van der Waals surface area contributed by atoms with Crippen LogP contribution >= 0.6 is 15.9 Å². The number of hydrogen-bond acceptors (Lipinski definition) is 5. The third-order valence-electron chi connectivity index (χ3n) is 4.35. The van der Waals surface area contributed by atoms with Gasteiger partial charge < -0.3 is 9.84 Å². The van der Waals surface area contributed by atoms with Gasteiger partial charge in [0.2, 0.25) is 0 Å². The first-order chi connectivity index (χ1) is 14.9. The van der Waals surface area contributed by atoms with Crippen molar-refractivity contribution in [2.24, 2.45) is 0 Å². The van der Waals surface area contributed by atoms with Crippen molar-refractivity contribution in [3.8, 4) is 11.8 Å². The molecular formula is C23H15BrN2O5. The normalized spacial score (nSPS) is 10.9. The Kier molecular flexibility index (Phi) is 6.80. The molecule has 0 spiro atoms.